The van der Waals surface area contributed by atoms with Gasteiger partial charge in [-0.3, -0.25) is 9.59 Å². The number of carbonyl (C=O) groups is 2. The zero-order chi connectivity index (χ0) is 33.6. The molecule has 1 saturated carbocycles. The Hall–Kier alpha value is -4.06. The maximum absolute atomic E-state index is 13.7. The van der Waals surface area contributed by atoms with Crippen molar-refractivity contribution in [1.29, 1.82) is 0 Å². The van der Waals surface area contributed by atoms with Gasteiger partial charge in [-0.25, -0.2) is 0 Å². The number of benzene rings is 2. The number of ketones is 2. The molecular formula is C40H50N2O4. The highest BCUT2D eigenvalue weighted by molar-refractivity contribution is 6.27. The third-order valence-electron chi connectivity index (χ3n) is 9.22. The predicted molar refractivity (Wildman–Crippen MR) is 189 cm³/mol. The fourth-order valence-corrected chi connectivity index (χ4v) is 6.25. The summed E-state index contributed by atoms with van der Waals surface area (Å²) >= 11 is 0. The van der Waals surface area contributed by atoms with Crippen LogP contribution >= 0.6 is 0 Å². The van der Waals surface area contributed by atoms with E-state index < -0.39 is 11.8 Å². The van der Waals surface area contributed by atoms with Gasteiger partial charge >= 0.3 is 0 Å². The molecule has 0 N–H and O–H groups in total. The van der Waals surface area contributed by atoms with Gasteiger partial charge in [-0.2, -0.15) is 0 Å². The Bertz CT molecular complexity index is 1520. The van der Waals surface area contributed by atoms with Crippen LogP contribution in [0.3, 0.4) is 0 Å². The minimum Gasteiger partial charge on any atom is -0.460 e. The van der Waals surface area contributed by atoms with Crippen molar-refractivity contribution in [3.8, 4) is 11.5 Å². The van der Waals surface area contributed by atoms with E-state index >= 15 is 0 Å². The van der Waals surface area contributed by atoms with E-state index in [1.54, 1.807) is 0 Å². The molecule has 0 saturated heterocycles. The quantitative estimate of drug-likeness (QED) is 0.274. The molecule has 46 heavy (non-hydrogen) atoms. The van der Waals surface area contributed by atoms with Gasteiger partial charge in [0.15, 0.2) is 11.6 Å². The van der Waals surface area contributed by atoms with Crippen LogP contribution in [0.5, 0.6) is 11.5 Å². The zero-order valence-corrected chi connectivity index (χ0v) is 29.3. The van der Waals surface area contributed by atoms with E-state index in [0.717, 1.165) is 82.8 Å². The Balaban J connectivity index is 1.50. The Morgan fingerprint density at radius 1 is 0.609 bits per heavy atom. The molecule has 2 aromatic rings. The molecule has 0 amide bonds. The van der Waals surface area contributed by atoms with Gasteiger partial charge in [0, 0.05) is 71.6 Å². The molecule has 2 heterocycles. The molecule has 0 radical (unpaired) electrons. The van der Waals surface area contributed by atoms with Crippen molar-refractivity contribution < 1.29 is 19.1 Å². The number of carbonyl (C=O) groups excluding carboxylic acids is 2. The van der Waals surface area contributed by atoms with Crippen LogP contribution < -0.4 is 19.3 Å². The largest absolute Gasteiger partial charge is 0.460 e. The van der Waals surface area contributed by atoms with Crippen molar-refractivity contribution in [1.82, 2.24) is 0 Å². The van der Waals surface area contributed by atoms with Gasteiger partial charge in [-0.15, -0.1) is 0 Å². The summed E-state index contributed by atoms with van der Waals surface area (Å²) in [5.41, 5.74) is 5.17. The zero-order valence-electron chi connectivity index (χ0n) is 29.3. The Kier molecular flexibility index (Phi) is 9.14. The normalized spacial score (nSPS) is 21.1. The summed E-state index contributed by atoms with van der Waals surface area (Å²) in [4.78, 5) is 32.0. The molecular weight excluding hydrogens is 572 g/mol. The van der Waals surface area contributed by atoms with Crippen molar-refractivity contribution in [2.75, 3.05) is 36.0 Å². The summed E-state index contributed by atoms with van der Waals surface area (Å²) in [6.45, 7) is 24.7. The van der Waals surface area contributed by atoms with Crippen LogP contribution in [-0.2, 0) is 9.59 Å². The molecule has 0 atom stereocenters. The van der Waals surface area contributed by atoms with Crippen LogP contribution in [0.15, 0.2) is 72.2 Å². The second-order valence-corrected chi connectivity index (χ2v) is 14.4. The van der Waals surface area contributed by atoms with Gasteiger partial charge in [-0.05, 0) is 75.3 Å². The number of Topliss-reactive ketones (excluding diaryl/α,β-unsaturated/α-hetero) is 2. The molecule has 244 valence electrons. The highest BCUT2D eigenvalue weighted by Gasteiger charge is 2.47. The Morgan fingerprint density at radius 2 is 0.957 bits per heavy atom. The molecule has 2 aliphatic heterocycles. The Morgan fingerprint density at radius 3 is 1.26 bits per heavy atom. The molecule has 3 aliphatic rings. The average Bonchev–Trinajstić information content (AvgIpc) is 3.01. The van der Waals surface area contributed by atoms with Crippen LogP contribution in [0, 0.1) is 22.7 Å². The van der Waals surface area contributed by atoms with Crippen LogP contribution in [0.1, 0.15) is 80.4 Å². The van der Waals surface area contributed by atoms with Crippen molar-refractivity contribution in [3.05, 3.63) is 83.3 Å². The fraction of sp³-hybridized carbons (Fsp3) is 0.450. The number of rotatable bonds is 8. The van der Waals surface area contributed by atoms with Gasteiger partial charge in [0.2, 0.25) is 0 Å². The summed E-state index contributed by atoms with van der Waals surface area (Å²) in [6, 6.07) is 12.4. The van der Waals surface area contributed by atoms with Crippen LogP contribution in [-0.4, -0.2) is 37.7 Å². The fourth-order valence-electron chi connectivity index (χ4n) is 6.25. The molecule has 0 bridgehead atoms. The molecule has 5 rings (SSSR count). The van der Waals surface area contributed by atoms with Crippen molar-refractivity contribution in [2.24, 2.45) is 22.7 Å². The van der Waals surface area contributed by atoms with Crippen molar-refractivity contribution in [3.63, 3.8) is 0 Å². The molecule has 0 spiro atoms. The van der Waals surface area contributed by atoms with E-state index in [-0.39, 0.29) is 22.4 Å². The predicted octanol–water partition coefficient (Wildman–Crippen LogP) is 8.88. The monoisotopic (exact) mass is 622 g/mol. The van der Waals surface area contributed by atoms with E-state index in [1.807, 2.05) is 36.4 Å². The minimum atomic E-state index is -0.793. The van der Waals surface area contributed by atoms with Gasteiger partial charge in [0.25, 0.3) is 0 Å². The number of anilines is 2. The molecule has 1 aliphatic carbocycles. The average molecular weight is 623 g/mol. The van der Waals surface area contributed by atoms with E-state index in [9.17, 15) is 9.59 Å². The SMILES string of the molecule is CCN(CC)c1ccc2c(c1)OC(C(C)(C)C)=CC2=CC1C(=O)C(C=C2C=C(C(C)(C)C)Oc3cc(N(CC)CC)ccc32)C1=O. The maximum atomic E-state index is 13.7. The number of ether oxygens (including phenoxy) is 2. The topological polar surface area (TPSA) is 59.1 Å². The lowest BCUT2D eigenvalue weighted by Crippen LogP contribution is -2.46. The molecule has 0 aromatic heterocycles. The third-order valence-corrected chi connectivity index (χ3v) is 9.22. The smallest absolute Gasteiger partial charge is 0.161 e. The second kappa shape index (κ2) is 12.6. The summed E-state index contributed by atoms with van der Waals surface area (Å²) in [5.74, 6) is 1.37. The van der Waals surface area contributed by atoms with Gasteiger partial charge in [0.05, 0.1) is 11.8 Å². The first-order chi connectivity index (χ1) is 21.7. The van der Waals surface area contributed by atoms with Crippen LogP contribution in [0.2, 0.25) is 0 Å². The number of nitrogens with zero attached hydrogens (tertiary/aromatic N) is 2. The van der Waals surface area contributed by atoms with Crippen molar-refractivity contribution in [2.45, 2.75) is 69.2 Å². The van der Waals surface area contributed by atoms with E-state index in [1.165, 1.54) is 0 Å². The number of fused-ring (bicyclic) bond motifs is 2. The Labute approximate surface area is 275 Å². The highest BCUT2D eigenvalue weighted by Crippen LogP contribution is 2.45. The first-order valence-corrected chi connectivity index (χ1v) is 16.8. The molecule has 6 nitrogen and oxygen atoms in total. The van der Waals surface area contributed by atoms with Gasteiger partial charge in [-0.1, -0.05) is 53.7 Å². The van der Waals surface area contributed by atoms with E-state index in [0.29, 0.717) is 0 Å². The number of allylic oxidation sites excluding steroid dienone is 8. The van der Waals surface area contributed by atoms with Crippen molar-refractivity contribution >= 4 is 34.1 Å². The number of hydrogen-bond acceptors (Lipinski definition) is 6. The lowest BCUT2D eigenvalue weighted by atomic mass is 9.69. The first-order valence-electron chi connectivity index (χ1n) is 16.8. The molecule has 1 fully saturated rings. The summed E-state index contributed by atoms with van der Waals surface area (Å²) < 4.78 is 12.8. The summed E-state index contributed by atoms with van der Waals surface area (Å²) in [6.07, 6.45) is 7.67. The first kappa shape index (κ1) is 33.3. The second-order valence-electron chi connectivity index (χ2n) is 14.4. The summed E-state index contributed by atoms with van der Waals surface area (Å²) in [7, 11) is 0. The lowest BCUT2D eigenvalue weighted by molar-refractivity contribution is -0.145. The van der Waals surface area contributed by atoms with E-state index in [4.69, 9.17) is 9.47 Å². The third kappa shape index (κ3) is 6.31. The maximum Gasteiger partial charge on any atom is 0.161 e. The lowest BCUT2D eigenvalue weighted by Gasteiger charge is -2.33. The summed E-state index contributed by atoms with van der Waals surface area (Å²) in [5, 5.41) is 0. The van der Waals surface area contributed by atoms with Gasteiger partial charge < -0.3 is 19.3 Å². The molecule has 0 unspecified atom stereocenters. The van der Waals surface area contributed by atoms with E-state index in [2.05, 4.69) is 103 Å². The number of hydrogen-bond donors (Lipinski definition) is 0. The minimum absolute atomic E-state index is 0.0815. The van der Waals surface area contributed by atoms with Crippen LogP contribution in [0.4, 0.5) is 11.4 Å². The molecule has 6 heteroatoms. The molecule has 2 aromatic carbocycles. The van der Waals surface area contributed by atoms with Crippen LogP contribution in [0.25, 0.3) is 11.1 Å². The van der Waals surface area contributed by atoms with Gasteiger partial charge in [0.1, 0.15) is 23.0 Å². The highest BCUT2D eigenvalue weighted by atomic mass is 16.5. The standard InChI is InChI=1S/C40H50N2O4/c1-11-41(12-2)27-15-17-29-25(21-35(39(5,6)7)45-33(29)23-27)19-31-37(43)32(38(31)44)20-26-22-36(40(8,9)10)46-34-24-28(16-18-30(26)34)42(13-3)14-4/h15-24,31-32H,11-14H2,1-10H3.